The molecule has 2 heterocycles. The minimum Gasteiger partial charge on any atom is -0.413 e. The Kier molecular flexibility index (Phi) is 13.5. The van der Waals surface area contributed by atoms with E-state index >= 15 is 0 Å². The van der Waals surface area contributed by atoms with E-state index in [1.165, 1.54) is 12.8 Å². The molecule has 246 valence electrons. The second-order valence-electron chi connectivity index (χ2n) is 14.4. The number of rotatable bonds is 25. The largest absolute Gasteiger partial charge is 0.516 e. The third kappa shape index (κ3) is 14.2. The van der Waals surface area contributed by atoms with Gasteiger partial charge in [-0.2, -0.15) is 0 Å². The zero-order chi connectivity index (χ0) is 30.8. The van der Waals surface area contributed by atoms with Crippen LogP contribution in [0.1, 0.15) is 52.4 Å². The fraction of sp³-hybridized carbons (Fsp3) is 0.812. The van der Waals surface area contributed by atoms with Crippen molar-refractivity contribution in [1.29, 1.82) is 0 Å². The van der Waals surface area contributed by atoms with Crippen molar-refractivity contribution in [2.24, 2.45) is 5.92 Å². The van der Waals surface area contributed by atoms with Gasteiger partial charge in [-0.1, -0.05) is 30.3 Å². The van der Waals surface area contributed by atoms with Crippen molar-refractivity contribution in [3.05, 3.63) is 30.3 Å². The number of benzene rings is 1. The molecular weight excluding hydrogens is 597 g/mol. The van der Waals surface area contributed by atoms with Crippen LogP contribution >= 0.6 is 0 Å². The lowest BCUT2D eigenvalue weighted by atomic mass is 10.0. The van der Waals surface area contributed by atoms with Gasteiger partial charge >= 0.3 is 8.80 Å². The summed E-state index contributed by atoms with van der Waals surface area (Å²) in [7, 11) is -7.77. The number of epoxide rings is 2. The average molecular weight is 655 g/mol. The Labute approximate surface area is 264 Å². The first-order valence-corrected chi connectivity index (χ1v) is 24.5. The average Bonchev–Trinajstić information content (AvgIpc) is 3.78. The zero-order valence-corrected chi connectivity index (χ0v) is 30.7. The van der Waals surface area contributed by atoms with Crippen LogP contribution in [-0.4, -0.2) is 96.1 Å². The smallest absolute Gasteiger partial charge is 0.413 e. The van der Waals surface area contributed by atoms with Crippen LogP contribution in [0.4, 0.5) is 0 Å². The second kappa shape index (κ2) is 16.4. The quantitative estimate of drug-likeness (QED) is 0.0734. The molecule has 4 rings (SSSR count). The molecule has 3 unspecified atom stereocenters. The van der Waals surface area contributed by atoms with E-state index in [1.54, 1.807) is 0 Å². The molecule has 3 aliphatic rings. The summed E-state index contributed by atoms with van der Waals surface area (Å²) < 4.78 is 50.3. The van der Waals surface area contributed by atoms with Crippen molar-refractivity contribution in [2.75, 3.05) is 52.9 Å². The molecule has 11 heteroatoms. The van der Waals surface area contributed by atoms with Gasteiger partial charge in [0.15, 0.2) is 16.6 Å². The minimum atomic E-state index is -3.35. The predicted molar refractivity (Wildman–Crippen MR) is 177 cm³/mol. The summed E-state index contributed by atoms with van der Waals surface area (Å²) in [5.41, 5.74) is -0.447. The fourth-order valence-corrected chi connectivity index (χ4v) is 17.2. The lowest BCUT2D eigenvalue weighted by Gasteiger charge is -2.45. The Morgan fingerprint density at radius 2 is 1.21 bits per heavy atom. The highest BCUT2D eigenvalue weighted by atomic mass is 28.5. The SMILES string of the molecule is CC(C)(CCCOCC1CO1)O[Si](O[Si](C)(C)CCCOCC1CC1)(O[Si](C)(C)CCCOCC1CO1)c1ccccc1. The molecule has 1 saturated carbocycles. The van der Waals surface area contributed by atoms with Gasteiger partial charge in [0.25, 0.3) is 0 Å². The van der Waals surface area contributed by atoms with Crippen LogP contribution < -0.4 is 5.19 Å². The number of hydrogen-bond donors (Lipinski definition) is 0. The van der Waals surface area contributed by atoms with Gasteiger partial charge in [0.2, 0.25) is 0 Å². The Morgan fingerprint density at radius 1 is 0.721 bits per heavy atom. The Balaban J connectivity index is 1.45. The third-order valence-electron chi connectivity index (χ3n) is 8.02. The van der Waals surface area contributed by atoms with Gasteiger partial charge in [-0.3, -0.25) is 0 Å². The predicted octanol–water partition coefficient (Wildman–Crippen LogP) is 5.89. The van der Waals surface area contributed by atoms with E-state index in [1.807, 2.05) is 0 Å². The highest BCUT2D eigenvalue weighted by molar-refractivity contribution is 6.92. The third-order valence-corrected chi connectivity index (χ3v) is 19.6. The van der Waals surface area contributed by atoms with Gasteiger partial charge in [-0.15, -0.1) is 0 Å². The Morgan fingerprint density at radius 3 is 1.70 bits per heavy atom. The highest BCUT2D eigenvalue weighted by Crippen LogP contribution is 2.33. The molecule has 2 aliphatic heterocycles. The molecule has 0 spiro atoms. The molecule has 0 N–H and O–H groups in total. The zero-order valence-electron chi connectivity index (χ0n) is 27.7. The normalized spacial score (nSPS) is 22.0. The van der Waals surface area contributed by atoms with Crippen molar-refractivity contribution >= 4 is 30.6 Å². The molecular formula is C32H58O8Si3. The molecule has 43 heavy (non-hydrogen) atoms. The fourth-order valence-electron chi connectivity index (χ4n) is 5.22. The maximum atomic E-state index is 7.37. The lowest BCUT2D eigenvalue weighted by molar-refractivity contribution is 0.0241. The van der Waals surface area contributed by atoms with Crippen molar-refractivity contribution in [2.45, 2.75) is 108 Å². The molecule has 3 fully saturated rings. The van der Waals surface area contributed by atoms with E-state index < -0.39 is 31.0 Å². The summed E-state index contributed by atoms with van der Waals surface area (Å²) in [5, 5.41) is 1.05. The summed E-state index contributed by atoms with van der Waals surface area (Å²) >= 11 is 0. The standard InChI is InChI=1S/C32H58O8Si3/c1-32(2,17-10-18-34-24-29-26-36-29)38-43(31-13-8-7-9-14-31,39-41(3,4)21-11-19-33-23-28-15-16-28)40-42(5,6)22-12-20-35-25-30-27-37-30/h7-9,13-14,28-30H,10-12,15-27H2,1-6H3. The van der Waals surface area contributed by atoms with Crippen molar-refractivity contribution < 1.29 is 36.3 Å². The minimum absolute atomic E-state index is 0.287. The lowest BCUT2D eigenvalue weighted by Crippen LogP contribution is -2.67. The van der Waals surface area contributed by atoms with Crippen LogP contribution in [0, 0.1) is 5.92 Å². The molecule has 1 aromatic carbocycles. The Bertz CT molecular complexity index is 847. The summed E-state index contributed by atoms with van der Waals surface area (Å²) in [6.07, 6.45) is 6.93. The first-order chi connectivity index (χ1) is 20.5. The second-order valence-corrected chi connectivity index (χ2v) is 26.0. The van der Waals surface area contributed by atoms with Gasteiger partial charge in [0, 0.05) is 31.6 Å². The molecule has 0 aromatic heterocycles. The number of ether oxygens (including phenoxy) is 5. The van der Waals surface area contributed by atoms with Gasteiger partial charge in [-0.05, 0) is 96.6 Å². The van der Waals surface area contributed by atoms with Crippen LogP contribution in [0.5, 0.6) is 0 Å². The van der Waals surface area contributed by atoms with E-state index in [9.17, 15) is 0 Å². The molecule has 0 bridgehead atoms. The molecule has 3 atom stereocenters. The number of hydrogen-bond acceptors (Lipinski definition) is 8. The first kappa shape index (κ1) is 35.4. The molecule has 2 saturated heterocycles. The van der Waals surface area contributed by atoms with Gasteiger partial charge in [0.05, 0.1) is 32.0 Å². The van der Waals surface area contributed by atoms with Crippen LogP contribution in [-0.2, 0) is 36.3 Å². The highest BCUT2D eigenvalue weighted by Gasteiger charge is 2.54. The molecule has 1 aromatic rings. The van der Waals surface area contributed by atoms with Crippen LogP contribution in [0.25, 0.3) is 0 Å². The maximum absolute atomic E-state index is 7.37. The van der Waals surface area contributed by atoms with E-state index in [4.69, 9.17) is 36.3 Å². The molecule has 1 aliphatic carbocycles. The van der Waals surface area contributed by atoms with E-state index in [2.05, 4.69) is 70.4 Å². The summed E-state index contributed by atoms with van der Waals surface area (Å²) in [6.45, 7) is 19.7. The van der Waals surface area contributed by atoms with Crippen molar-refractivity contribution in [3.63, 3.8) is 0 Å². The monoisotopic (exact) mass is 654 g/mol. The summed E-state index contributed by atoms with van der Waals surface area (Å²) in [5.74, 6) is 0.788. The Hall–Kier alpha value is -0.449. The van der Waals surface area contributed by atoms with E-state index in [0.29, 0.717) is 25.9 Å². The summed E-state index contributed by atoms with van der Waals surface area (Å²) in [4.78, 5) is 0. The van der Waals surface area contributed by atoms with Crippen LogP contribution in [0.3, 0.4) is 0 Å². The van der Waals surface area contributed by atoms with Crippen molar-refractivity contribution in [1.82, 2.24) is 0 Å². The molecule has 8 nitrogen and oxygen atoms in total. The first-order valence-electron chi connectivity index (χ1n) is 16.6. The van der Waals surface area contributed by atoms with Gasteiger partial charge in [0.1, 0.15) is 12.2 Å². The van der Waals surface area contributed by atoms with Gasteiger partial charge in [-0.25, -0.2) is 0 Å². The van der Waals surface area contributed by atoms with Gasteiger partial charge < -0.3 is 36.3 Å². The topological polar surface area (TPSA) is 80.4 Å². The van der Waals surface area contributed by atoms with Crippen molar-refractivity contribution in [3.8, 4) is 0 Å². The van der Waals surface area contributed by atoms with E-state index in [-0.39, 0.29) is 6.10 Å². The summed E-state index contributed by atoms with van der Waals surface area (Å²) in [6, 6.07) is 12.5. The van der Waals surface area contributed by atoms with Crippen LogP contribution in [0.2, 0.25) is 38.3 Å². The van der Waals surface area contributed by atoms with Crippen LogP contribution in [0.15, 0.2) is 30.3 Å². The molecule has 0 amide bonds. The van der Waals surface area contributed by atoms with E-state index in [0.717, 1.165) is 81.9 Å². The maximum Gasteiger partial charge on any atom is 0.516 e. The molecule has 0 radical (unpaired) electrons.